The Morgan fingerprint density at radius 1 is 1.33 bits per heavy atom. The molecular formula is C6H12NOV-. The molecule has 1 heterocycles. The number of nitrogens with zero attached hydrogens (tertiary/aromatic N) is 1. The first-order valence-electron chi connectivity index (χ1n) is 3.06. The molecule has 3 heteroatoms. The molecule has 1 saturated heterocycles. The quantitative estimate of drug-likeness (QED) is 0.568. The van der Waals surface area contributed by atoms with Crippen LogP contribution in [0, 0.1) is 0 Å². The van der Waals surface area contributed by atoms with Gasteiger partial charge in [0, 0.05) is 18.6 Å². The normalized spacial score (nSPS) is 24.7. The van der Waals surface area contributed by atoms with Crippen LogP contribution in [0.2, 0.25) is 0 Å². The summed E-state index contributed by atoms with van der Waals surface area (Å²) in [6.45, 7) is 3.56. The van der Waals surface area contributed by atoms with Crippen LogP contribution >= 0.6 is 0 Å². The van der Waals surface area contributed by atoms with E-state index < -0.39 is 5.60 Å². The zero-order valence-corrected chi connectivity index (χ0v) is 7.07. The Morgan fingerprint density at radius 3 is 2.00 bits per heavy atom. The number of piperidine rings is 1. The maximum Gasteiger partial charge on any atom is 0.0587 e. The molecule has 2 nitrogen and oxygen atoms in total. The molecule has 0 unspecified atom stereocenters. The van der Waals surface area contributed by atoms with Crippen molar-refractivity contribution in [3.63, 3.8) is 0 Å². The Balaban J connectivity index is 0.000000640. The van der Waals surface area contributed by atoms with Crippen LogP contribution in [-0.4, -0.2) is 23.8 Å². The van der Waals surface area contributed by atoms with E-state index in [4.69, 9.17) is 0 Å². The molecule has 1 radical (unpaired) electrons. The molecule has 1 fully saturated rings. The summed E-state index contributed by atoms with van der Waals surface area (Å²) in [7, 11) is 0. The summed E-state index contributed by atoms with van der Waals surface area (Å²) >= 11 is 0. The van der Waals surface area contributed by atoms with Gasteiger partial charge in [-0.25, -0.2) is 0 Å². The van der Waals surface area contributed by atoms with Gasteiger partial charge in [-0.15, -0.1) is 13.1 Å². The summed E-state index contributed by atoms with van der Waals surface area (Å²) in [6, 6.07) is 0. The minimum atomic E-state index is -0.415. The minimum absolute atomic E-state index is 0. The average Bonchev–Trinajstić information content (AvgIpc) is 1.65. The third-order valence-electron chi connectivity index (χ3n) is 1.62. The number of hydrogen-bond donors (Lipinski definition) is 1. The predicted molar refractivity (Wildman–Crippen MR) is 33.0 cm³/mol. The Kier molecular flexibility index (Phi) is 3.82. The van der Waals surface area contributed by atoms with E-state index in [1.807, 2.05) is 6.92 Å². The van der Waals surface area contributed by atoms with Crippen molar-refractivity contribution < 1.29 is 23.7 Å². The third-order valence-corrected chi connectivity index (χ3v) is 1.62. The summed E-state index contributed by atoms with van der Waals surface area (Å²) in [4.78, 5) is 0. The molecule has 0 aromatic heterocycles. The Bertz CT molecular complexity index is 77.1. The summed E-state index contributed by atoms with van der Waals surface area (Å²) in [5, 5.41) is 13.4. The van der Waals surface area contributed by atoms with Gasteiger partial charge in [0.15, 0.2) is 0 Å². The molecule has 0 amide bonds. The zero-order valence-electron chi connectivity index (χ0n) is 5.67. The van der Waals surface area contributed by atoms with Crippen LogP contribution in [-0.2, 0) is 18.6 Å². The van der Waals surface area contributed by atoms with Crippen LogP contribution in [0.1, 0.15) is 19.8 Å². The molecule has 1 aliphatic heterocycles. The van der Waals surface area contributed by atoms with Crippen LogP contribution in [0.25, 0.3) is 5.32 Å². The summed E-state index contributed by atoms with van der Waals surface area (Å²) in [5.41, 5.74) is -0.415. The van der Waals surface area contributed by atoms with Gasteiger partial charge in [-0.1, -0.05) is 0 Å². The monoisotopic (exact) mass is 165 g/mol. The molecule has 1 N–H and O–H groups in total. The van der Waals surface area contributed by atoms with E-state index in [0.29, 0.717) is 0 Å². The fourth-order valence-corrected chi connectivity index (χ4v) is 0.877. The van der Waals surface area contributed by atoms with E-state index >= 15 is 0 Å². The second-order valence-corrected chi connectivity index (χ2v) is 2.67. The number of hydrogen-bond acceptors (Lipinski definition) is 1. The first kappa shape index (κ1) is 9.50. The smallest absolute Gasteiger partial charge is 0.0587 e. The molecule has 53 valence electrons. The fraction of sp³-hybridized carbons (Fsp3) is 1.00. The first-order valence-corrected chi connectivity index (χ1v) is 3.06. The van der Waals surface area contributed by atoms with Crippen molar-refractivity contribution in [2.45, 2.75) is 25.4 Å². The maximum atomic E-state index is 9.31. The Hall–Kier alpha value is 0.504. The molecule has 0 aromatic rings. The van der Waals surface area contributed by atoms with Gasteiger partial charge in [0.05, 0.1) is 5.60 Å². The van der Waals surface area contributed by atoms with Gasteiger partial charge in [-0.05, 0) is 19.8 Å². The van der Waals surface area contributed by atoms with Crippen LogP contribution in [0.15, 0.2) is 0 Å². The van der Waals surface area contributed by atoms with Crippen molar-refractivity contribution in [3.05, 3.63) is 5.32 Å². The SMILES string of the molecule is CC1(O)CC[N-]CC1.[V]. The van der Waals surface area contributed by atoms with Crippen molar-refractivity contribution in [1.82, 2.24) is 0 Å². The zero-order chi connectivity index (χ0) is 6.04. The first-order chi connectivity index (χ1) is 3.71. The second kappa shape index (κ2) is 3.62. The van der Waals surface area contributed by atoms with E-state index in [2.05, 4.69) is 5.32 Å². The number of aliphatic hydroxyl groups is 1. The van der Waals surface area contributed by atoms with Crippen molar-refractivity contribution in [2.75, 3.05) is 13.1 Å². The van der Waals surface area contributed by atoms with Crippen molar-refractivity contribution in [1.29, 1.82) is 0 Å². The molecule has 0 aliphatic carbocycles. The minimum Gasteiger partial charge on any atom is -0.662 e. The van der Waals surface area contributed by atoms with Crippen LogP contribution in [0.3, 0.4) is 0 Å². The predicted octanol–water partition coefficient (Wildman–Crippen LogP) is 0.902. The standard InChI is InChI=1S/C6H12NO.V/c1-6(8)2-4-7-5-3-6;/h8H,2-5H2,1H3;/q-1;. The molecule has 0 aromatic carbocycles. The van der Waals surface area contributed by atoms with Gasteiger partial charge < -0.3 is 10.4 Å². The number of rotatable bonds is 0. The van der Waals surface area contributed by atoms with E-state index in [1.165, 1.54) is 0 Å². The van der Waals surface area contributed by atoms with E-state index in [1.54, 1.807) is 0 Å². The van der Waals surface area contributed by atoms with E-state index in [9.17, 15) is 5.11 Å². The molecule has 9 heavy (non-hydrogen) atoms. The van der Waals surface area contributed by atoms with Crippen molar-refractivity contribution >= 4 is 0 Å². The summed E-state index contributed by atoms with van der Waals surface area (Å²) in [5.74, 6) is 0. The second-order valence-electron chi connectivity index (χ2n) is 2.67. The summed E-state index contributed by atoms with van der Waals surface area (Å²) in [6.07, 6.45) is 1.68. The fourth-order valence-electron chi connectivity index (χ4n) is 0.877. The third kappa shape index (κ3) is 3.26. The van der Waals surface area contributed by atoms with Crippen LogP contribution < -0.4 is 0 Å². The average molecular weight is 165 g/mol. The molecule has 0 saturated carbocycles. The molecule has 0 bridgehead atoms. The van der Waals surface area contributed by atoms with Crippen LogP contribution in [0.5, 0.6) is 0 Å². The molecule has 0 spiro atoms. The molecule has 1 rings (SSSR count). The van der Waals surface area contributed by atoms with E-state index in [0.717, 1.165) is 25.9 Å². The van der Waals surface area contributed by atoms with Gasteiger partial charge in [0.1, 0.15) is 0 Å². The molecule has 0 atom stereocenters. The Labute approximate surface area is 67.9 Å². The van der Waals surface area contributed by atoms with E-state index in [-0.39, 0.29) is 18.6 Å². The molecular weight excluding hydrogens is 153 g/mol. The molecule has 1 aliphatic rings. The van der Waals surface area contributed by atoms with Gasteiger partial charge in [0.25, 0.3) is 0 Å². The van der Waals surface area contributed by atoms with Crippen LogP contribution in [0.4, 0.5) is 0 Å². The van der Waals surface area contributed by atoms with Gasteiger partial charge >= 0.3 is 0 Å². The van der Waals surface area contributed by atoms with Crippen molar-refractivity contribution in [3.8, 4) is 0 Å². The van der Waals surface area contributed by atoms with Gasteiger partial charge in [-0.2, -0.15) is 0 Å². The largest absolute Gasteiger partial charge is 0.662 e. The van der Waals surface area contributed by atoms with Gasteiger partial charge in [-0.3, -0.25) is 0 Å². The maximum absolute atomic E-state index is 9.31. The Morgan fingerprint density at radius 2 is 1.78 bits per heavy atom. The summed E-state index contributed by atoms with van der Waals surface area (Å²) < 4.78 is 0. The van der Waals surface area contributed by atoms with Crippen molar-refractivity contribution in [2.24, 2.45) is 0 Å². The van der Waals surface area contributed by atoms with Gasteiger partial charge in [0.2, 0.25) is 0 Å². The topological polar surface area (TPSA) is 34.3 Å².